The van der Waals surface area contributed by atoms with E-state index in [4.69, 9.17) is 4.74 Å². The van der Waals surface area contributed by atoms with Crippen LogP contribution in [0.2, 0.25) is 0 Å². The molecular formula is C18H17F2N5O3S2. The van der Waals surface area contributed by atoms with Crippen molar-refractivity contribution >= 4 is 26.7 Å². The Morgan fingerprint density at radius 3 is 2.83 bits per heavy atom. The Balaban J connectivity index is 1.64. The van der Waals surface area contributed by atoms with Crippen LogP contribution in [0.15, 0.2) is 30.7 Å². The Morgan fingerprint density at radius 1 is 1.30 bits per heavy atom. The van der Waals surface area contributed by atoms with Crippen LogP contribution in [0.25, 0.3) is 11.3 Å². The maximum atomic E-state index is 13.1. The summed E-state index contributed by atoms with van der Waals surface area (Å²) in [5.74, 6) is 0.480. The monoisotopic (exact) mass is 453 g/mol. The highest BCUT2D eigenvalue weighted by molar-refractivity contribution is 7.90. The number of anilines is 1. The van der Waals surface area contributed by atoms with Crippen molar-refractivity contribution in [1.82, 2.24) is 19.3 Å². The molecule has 30 heavy (non-hydrogen) atoms. The molecule has 0 unspecified atom stereocenters. The van der Waals surface area contributed by atoms with Gasteiger partial charge in [-0.2, -0.15) is 17.1 Å². The van der Waals surface area contributed by atoms with Crippen molar-refractivity contribution in [3.05, 3.63) is 52.7 Å². The fraction of sp³-hybridized carbons (Fsp3) is 0.278. The van der Waals surface area contributed by atoms with Gasteiger partial charge in [-0.15, -0.1) is 0 Å². The summed E-state index contributed by atoms with van der Waals surface area (Å²) in [6.07, 6.45) is 2.68. The summed E-state index contributed by atoms with van der Waals surface area (Å²) in [6, 6.07) is 5.00. The van der Waals surface area contributed by atoms with Crippen molar-refractivity contribution in [1.29, 1.82) is 0 Å². The quantitative estimate of drug-likeness (QED) is 0.616. The first-order valence-electron chi connectivity index (χ1n) is 8.86. The topological polar surface area (TPSA) is 97.3 Å². The lowest BCUT2D eigenvalue weighted by atomic mass is 9.98. The van der Waals surface area contributed by atoms with Crippen LogP contribution in [0.4, 0.5) is 13.9 Å². The fourth-order valence-corrected chi connectivity index (χ4v) is 5.16. The number of ether oxygens (including phenoxy) is 1. The number of hydrogen-bond donors (Lipinski definition) is 1. The molecule has 1 aromatic carbocycles. The summed E-state index contributed by atoms with van der Waals surface area (Å²) in [5.41, 5.74) is 3.14. The zero-order valence-electron chi connectivity index (χ0n) is 15.8. The number of thiazole rings is 1. The molecule has 8 nitrogen and oxygen atoms in total. The second-order valence-electron chi connectivity index (χ2n) is 6.48. The predicted molar refractivity (Wildman–Crippen MR) is 108 cm³/mol. The lowest BCUT2D eigenvalue weighted by molar-refractivity contribution is 0.387. The van der Waals surface area contributed by atoms with E-state index < -0.39 is 22.0 Å². The molecule has 0 aliphatic carbocycles. The SMILES string of the molecule is COc1cc(CF)ccc1-c1ncnc2c1CCN(S(=O)(=O)Nc1ncc(F)s1)C2. The van der Waals surface area contributed by atoms with Gasteiger partial charge in [-0.1, -0.05) is 17.4 Å². The van der Waals surface area contributed by atoms with Gasteiger partial charge in [0.25, 0.3) is 0 Å². The summed E-state index contributed by atoms with van der Waals surface area (Å²) >= 11 is 0.610. The maximum Gasteiger partial charge on any atom is 0.303 e. The number of hydrogen-bond acceptors (Lipinski definition) is 7. The molecule has 0 radical (unpaired) electrons. The van der Waals surface area contributed by atoms with E-state index in [2.05, 4.69) is 19.7 Å². The van der Waals surface area contributed by atoms with E-state index in [1.807, 2.05) is 0 Å². The van der Waals surface area contributed by atoms with Crippen molar-refractivity contribution in [2.24, 2.45) is 0 Å². The standard InChI is InChI=1S/C18H17F2N5O3S2/c1-28-15-6-11(7-19)2-3-13(15)17-12-4-5-25(9-14(12)22-10-23-17)30(26,27)24-18-21-8-16(20)29-18/h2-3,6,8,10H,4-5,7,9H2,1H3,(H,21,24). The Kier molecular flexibility index (Phi) is 5.62. The van der Waals surface area contributed by atoms with Crippen LogP contribution in [-0.4, -0.2) is 41.3 Å². The van der Waals surface area contributed by atoms with E-state index in [1.165, 1.54) is 17.7 Å². The number of fused-ring (bicyclic) bond motifs is 1. The first kappa shape index (κ1) is 20.6. The van der Waals surface area contributed by atoms with Crippen molar-refractivity contribution in [2.45, 2.75) is 19.6 Å². The Labute approximate surface area is 175 Å². The highest BCUT2D eigenvalue weighted by Crippen LogP contribution is 2.35. The third kappa shape index (κ3) is 3.98. The number of nitrogens with zero attached hydrogens (tertiary/aromatic N) is 4. The highest BCUT2D eigenvalue weighted by atomic mass is 32.2. The molecule has 0 fully saturated rings. The van der Waals surface area contributed by atoms with E-state index >= 15 is 0 Å². The maximum absolute atomic E-state index is 13.1. The molecule has 1 aliphatic heterocycles. The molecular weight excluding hydrogens is 436 g/mol. The first-order valence-corrected chi connectivity index (χ1v) is 11.1. The van der Waals surface area contributed by atoms with Gasteiger partial charge < -0.3 is 4.74 Å². The van der Waals surface area contributed by atoms with Crippen LogP contribution in [0.1, 0.15) is 16.8 Å². The molecule has 1 aliphatic rings. The lowest BCUT2D eigenvalue weighted by Gasteiger charge is -2.28. The number of nitrogens with one attached hydrogen (secondary N) is 1. The summed E-state index contributed by atoms with van der Waals surface area (Å²) in [6.45, 7) is -0.401. The van der Waals surface area contributed by atoms with E-state index in [1.54, 1.807) is 18.2 Å². The minimum atomic E-state index is -3.93. The second kappa shape index (κ2) is 8.20. The van der Waals surface area contributed by atoms with Gasteiger partial charge in [-0.05, 0) is 24.1 Å². The molecule has 0 spiro atoms. The van der Waals surface area contributed by atoms with Gasteiger partial charge in [0.15, 0.2) is 10.3 Å². The van der Waals surface area contributed by atoms with Crippen molar-refractivity contribution < 1.29 is 21.9 Å². The number of rotatable bonds is 6. The average Bonchev–Trinajstić information content (AvgIpc) is 3.16. The molecule has 0 saturated heterocycles. The smallest absolute Gasteiger partial charge is 0.303 e. The van der Waals surface area contributed by atoms with Crippen molar-refractivity contribution in [3.8, 4) is 17.0 Å². The molecule has 0 amide bonds. The summed E-state index contributed by atoms with van der Waals surface area (Å²) < 4.78 is 60.3. The van der Waals surface area contributed by atoms with Gasteiger partial charge in [-0.25, -0.2) is 24.1 Å². The van der Waals surface area contributed by atoms with Crippen LogP contribution >= 0.6 is 11.3 Å². The van der Waals surface area contributed by atoms with Crippen LogP contribution < -0.4 is 9.46 Å². The molecule has 4 rings (SSSR count). The Bertz CT molecular complexity index is 1190. The average molecular weight is 453 g/mol. The molecule has 12 heteroatoms. The predicted octanol–water partition coefficient (Wildman–Crippen LogP) is 2.93. The first-order chi connectivity index (χ1) is 14.4. The van der Waals surface area contributed by atoms with Gasteiger partial charge in [0.2, 0.25) is 0 Å². The van der Waals surface area contributed by atoms with Crippen LogP contribution in [0.5, 0.6) is 5.75 Å². The molecule has 2 aromatic heterocycles. The van der Waals surface area contributed by atoms with Gasteiger partial charge >= 0.3 is 10.2 Å². The minimum absolute atomic E-state index is 0.0267. The lowest BCUT2D eigenvalue weighted by Crippen LogP contribution is -2.40. The van der Waals surface area contributed by atoms with Crippen LogP contribution in [0.3, 0.4) is 0 Å². The molecule has 3 heterocycles. The van der Waals surface area contributed by atoms with Crippen LogP contribution in [-0.2, 0) is 29.8 Å². The zero-order chi connectivity index (χ0) is 21.3. The molecule has 3 aromatic rings. The third-order valence-corrected chi connectivity index (χ3v) is 6.95. The van der Waals surface area contributed by atoms with E-state index in [0.29, 0.717) is 46.0 Å². The summed E-state index contributed by atoms with van der Waals surface area (Å²) in [4.78, 5) is 12.3. The van der Waals surface area contributed by atoms with Crippen LogP contribution in [0, 0.1) is 5.13 Å². The van der Waals surface area contributed by atoms with E-state index in [-0.39, 0.29) is 18.2 Å². The largest absolute Gasteiger partial charge is 0.496 e. The molecule has 158 valence electrons. The summed E-state index contributed by atoms with van der Waals surface area (Å²) in [5, 5.41) is -0.624. The minimum Gasteiger partial charge on any atom is -0.496 e. The van der Waals surface area contributed by atoms with E-state index in [0.717, 1.165) is 11.8 Å². The highest BCUT2D eigenvalue weighted by Gasteiger charge is 2.30. The zero-order valence-corrected chi connectivity index (χ0v) is 17.4. The molecule has 0 saturated carbocycles. The van der Waals surface area contributed by atoms with Gasteiger partial charge in [0.05, 0.1) is 31.2 Å². The number of alkyl halides is 1. The third-order valence-electron chi connectivity index (χ3n) is 4.68. The van der Waals surface area contributed by atoms with Crippen molar-refractivity contribution in [2.75, 3.05) is 18.4 Å². The number of benzene rings is 1. The number of halogens is 2. The Hall–Kier alpha value is -2.70. The van der Waals surface area contributed by atoms with Gasteiger partial charge in [0, 0.05) is 17.7 Å². The number of methoxy groups -OCH3 is 1. The summed E-state index contributed by atoms with van der Waals surface area (Å²) in [7, 11) is -2.43. The van der Waals surface area contributed by atoms with Gasteiger partial charge in [-0.3, -0.25) is 0 Å². The fourth-order valence-electron chi connectivity index (χ4n) is 3.26. The number of aromatic nitrogens is 3. The second-order valence-corrected chi connectivity index (χ2v) is 9.13. The molecule has 1 N–H and O–H groups in total. The Morgan fingerprint density at radius 2 is 2.13 bits per heavy atom. The van der Waals surface area contributed by atoms with E-state index in [9.17, 15) is 17.2 Å². The van der Waals surface area contributed by atoms with Crippen molar-refractivity contribution in [3.63, 3.8) is 0 Å². The molecule has 0 atom stereocenters. The molecule has 0 bridgehead atoms. The van der Waals surface area contributed by atoms with Gasteiger partial charge in [0.1, 0.15) is 18.8 Å². The normalized spacial score (nSPS) is 14.4.